The van der Waals surface area contributed by atoms with Gasteiger partial charge in [-0.05, 0) is 34.0 Å². The number of halogens is 1. The molecule has 0 aliphatic heterocycles. The Hall–Kier alpha value is -1.22. The van der Waals surface area contributed by atoms with Gasteiger partial charge in [-0.25, -0.2) is 9.97 Å². The fourth-order valence-electron chi connectivity index (χ4n) is 1.90. The van der Waals surface area contributed by atoms with Crippen LogP contribution in [0.25, 0.3) is 11.3 Å². The zero-order valence-corrected chi connectivity index (χ0v) is 12.4. The molecule has 0 unspecified atom stereocenters. The molecule has 0 spiro atoms. The summed E-state index contributed by atoms with van der Waals surface area (Å²) >= 11 is 3.44. The minimum atomic E-state index is 0.848. The van der Waals surface area contributed by atoms with Crippen LogP contribution in [-0.2, 0) is 12.8 Å². The molecule has 0 fully saturated rings. The lowest BCUT2D eigenvalue weighted by atomic mass is 10.1. The number of hydrogen-bond acceptors (Lipinski definition) is 2. The van der Waals surface area contributed by atoms with Crippen LogP contribution in [0.15, 0.2) is 34.9 Å². The highest BCUT2D eigenvalue weighted by Gasteiger charge is 2.04. The van der Waals surface area contributed by atoms with Gasteiger partial charge < -0.3 is 0 Å². The maximum absolute atomic E-state index is 4.56. The monoisotopic (exact) mass is 304 g/mol. The highest BCUT2D eigenvalue weighted by Crippen LogP contribution is 2.21. The predicted octanol–water partition coefficient (Wildman–Crippen LogP) is 4.42. The van der Waals surface area contributed by atoms with E-state index in [1.165, 1.54) is 12.0 Å². The lowest BCUT2D eigenvalue weighted by Crippen LogP contribution is -1.95. The van der Waals surface area contributed by atoms with Crippen LogP contribution < -0.4 is 0 Å². The third-order valence-corrected chi connectivity index (χ3v) is 3.25. The molecule has 94 valence electrons. The smallest absolute Gasteiger partial charge is 0.130 e. The topological polar surface area (TPSA) is 25.8 Å². The number of aryl methyl sites for hydroxylation is 2. The summed E-state index contributed by atoms with van der Waals surface area (Å²) in [5.41, 5.74) is 3.51. The first-order valence-corrected chi connectivity index (χ1v) is 7.15. The summed E-state index contributed by atoms with van der Waals surface area (Å²) in [5, 5.41) is 0. The molecule has 0 aliphatic carbocycles. The van der Waals surface area contributed by atoms with E-state index < -0.39 is 0 Å². The molecular weight excluding hydrogens is 288 g/mol. The molecule has 0 atom stereocenters. The lowest BCUT2D eigenvalue weighted by molar-refractivity contribution is 0.920. The standard InChI is InChI=1S/C15H17BrN2/c1-3-5-11-6-8-12(9-7-11)13-10-14(16)18-15(4-2)17-13/h6-10H,3-5H2,1-2H3. The minimum absolute atomic E-state index is 0.848. The molecule has 1 aromatic carbocycles. The van der Waals surface area contributed by atoms with Crippen LogP contribution in [0.3, 0.4) is 0 Å². The molecule has 18 heavy (non-hydrogen) atoms. The van der Waals surface area contributed by atoms with Crippen molar-refractivity contribution in [2.45, 2.75) is 33.1 Å². The van der Waals surface area contributed by atoms with Gasteiger partial charge >= 0.3 is 0 Å². The van der Waals surface area contributed by atoms with Gasteiger partial charge in [-0.3, -0.25) is 0 Å². The van der Waals surface area contributed by atoms with Gasteiger partial charge in [0.15, 0.2) is 0 Å². The first-order valence-electron chi connectivity index (χ1n) is 6.35. The Labute approximate surface area is 117 Å². The largest absolute Gasteiger partial charge is 0.233 e. The maximum atomic E-state index is 4.56. The molecule has 0 saturated carbocycles. The molecule has 0 saturated heterocycles. The Bertz CT molecular complexity index is 521. The first-order chi connectivity index (χ1) is 8.72. The molecule has 2 aromatic rings. The van der Waals surface area contributed by atoms with Crippen LogP contribution in [0.5, 0.6) is 0 Å². The second-order valence-electron chi connectivity index (χ2n) is 4.29. The molecule has 2 nitrogen and oxygen atoms in total. The van der Waals surface area contributed by atoms with Crippen molar-refractivity contribution in [2.24, 2.45) is 0 Å². The molecule has 3 heteroatoms. The summed E-state index contributed by atoms with van der Waals surface area (Å²) in [4.78, 5) is 8.89. The van der Waals surface area contributed by atoms with Crippen molar-refractivity contribution >= 4 is 15.9 Å². The average molecular weight is 305 g/mol. The van der Waals surface area contributed by atoms with E-state index in [9.17, 15) is 0 Å². The molecule has 0 radical (unpaired) electrons. The average Bonchev–Trinajstić information content (AvgIpc) is 2.39. The molecule has 1 heterocycles. The predicted molar refractivity (Wildman–Crippen MR) is 78.5 cm³/mol. The maximum Gasteiger partial charge on any atom is 0.130 e. The highest BCUT2D eigenvalue weighted by molar-refractivity contribution is 9.10. The van der Waals surface area contributed by atoms with Crippen molar-refractivity contribution in [3.8, 4) is 11.3 Å². The van der Waals surface area contributed by atoms with Gasteiger partial charge in [0, 0.05) is 12.0 Å². The summed E-state index contributed by atoms with van der Waals surface area (Å²) in [5.74, 6) is 0.872. The number of hydrogen-bond donors (Lipinski definition) is 0. The summed E-state index contributed by atoms with van der Waals surface area (Å²) in [7, 11) is 0. The van der Waals surface area contributed by atoms with Crippen LogP contribution in [0, 0.1) is 0 Å². The number of rotatable bonds is 4. The summed E-state index contributed by atoms with van der Waals surface area (Å²) in [6, 6.07) is 10.6. The molecule has 0 N–H and O–H groups in total. The van der Waals surface area contributed by atoms with Gasteiger partial charge in [0.2, 0.25) is 0 Å². The van der Waals surface area contributed by atoms with Crippen LogP contribution >= 0.6 is 15.9 Å². The van der Waals surface area contributed by atoms with E-state index in [4.69, 9.17) is 0 Å². The van der Waals surface area contributed by atoms with E-state index in [1.807, 2.05) is 6.07 Å². The zero-order chi connectivity index (χ0) is 13.0. The summed E-state index contributed by atoms with van der Waals surface area (Å²) in [6.07, 6.45) is 3.16. The number of nitrogens with zero attached hydrogens (tertiary/aromatic N) is 2. The van der Waals surface area contributed by atoms with Gasteiger partial charge in [-0.15, -0.1) is 0 Å². The Kier molecular flexibility index (Phi) is 4.48. The second-order valence-corrected chi connectivity index (χ2v) is 5.11. The fourth-order valence-corrected chi connectivity index (χ4v) is 2.32. The van der Waals surface area contributed by atoms with Gasteiger partial charge in [-0.2, -0.15) is 0 Å². The van der Waals surface area contributed by atoms with Crippen molar-refractivity contribution in [3.63, 3.8) is 0 Å². The number of benzene rings is 1. The number of aromatic nitrogens is 2. The van der Waals surface area contributed by atoms with E-state index in [2.05, 4.69) is 64.0 Å². The lowest BCUT2D eigenvalue weighted by Gasteiger charge is -2.05. The first kappa shape index (κ1) is 13.2. The van der Waals surface area contributed by atoms with Crippen LogP contribution in [0.1, 0.15) is 31.7 Å². The van der Waals surface area contributed by atoms with Crippen molar-refractivity contribution in [1.29, 1.82) is 0 Å². The minimum Gasteiger partial charge on any atom is -0.233 e. The highest BCUT2D eigenvalue weighted by atomic mass is 79.9. The quantitative estimate of drug-likeness (QED) is 0.781. The zero-order valence-electron chi connectivity index (χ0n) is 10.8. The van der Waals surface area contributed by atoms with Crippen molar-refractivity contribution in [2.75, 3.05) is 0 Å². The van der Waals surface area contributed by atoms with E-state index in [0.29, 0.717) is 0 Å². The molecule has 1 aromatic heterocycles. The van der Waals surface area contributed by atoms with E-state index in [1.54, 1.807) is 0 Å². The van der Waals surface area contributed by atoms with Crippen molar-refractivity contribution in [1.82, 2.24) is 9.97 Å². The molecule has 0 amide bonds. The van der Waals surface area contributed by atoms with E-state index >= 15 is 0 Å². The van der Waals surface area contributed by atoms with Crippen LogP contribution in [-0.4, -0.2) is 9.97 Å². The Balaban J connectivity index is 2.33. The molecule has 0 aliphatic rings. The van der Waals surface area contributed by atoms with Crippen molar-refractivity contribution in [3.05, 3.63) is 46.3 Å². The van der Waals surface area contributed by atoms with Crippen LogP contribution in [0.4, 0.5) is 0 Å². The van der Waals surface area contributed by atoms with E-state index in [-0.39, 0.29) is 0 Å². The van der Waals surface area contributed by atoms with Gasteiger partial charge in [0.25, 0.3) is 0 Å². The molecule has 2 rings (SSSR count). The van der Waals surface area contributed by atoms with Gasteiger partial charge in [0.05, 0.1) is 5.69 Å². The van der Waals surface area contributed by atoms with Crippen LogP contribution in [0.2, 0.25) is 0 Å². The Morgan fingerprint density at radius 1 is 1.06 bits per heavy atom. The second kappa shape index (κ2) is 6.10. The van der Waals surface area contributed by atoms with E-state index in [0.717, 1.165) is 34.5 Å². The summed E-state index contributed by atoms with van der Waals surface area (Å²) < 4.78 is 0.849. The Morgan fingerprint density at radius 2 is 1.78 bits per heavy atom. The Morgan fingerprint density at radius 3 is 2.39 bits per heavy atom. The summed E-state index contributed by atoms with van der Waals surface area (Å²) in [6.45, 7) is 4.26. The van der Waals surface area contributed by atoms with Crippen molar-refractivity contribution < 1.29 is 0 Å². The van der Waals surface area contributed by atoms with Gasteiger partial charge in [-0.1, -0.05) is 44.5 Å². The third-order valence-electron chi connectivity index (χ3n) is 2.85. The SMILES string of the molecule is CCCc1ccc(-c2cc(Br)nc(CC)n2)cc1. The fraction of sp³-hybridized carbons (Fsp3) is 0.333. The normalized spacial score (nSPS) is 10.6. The van der Waals surface area contributed by atoms with Gasteiger partial charge in [0.1, 0.15) is 10.4 Å². The third kappa shape index (κ3) is 3.16. The molecule has 0 bridgehead atoms. The molecular formula is C15H17BrN2.